The third kappa shape index (κ3) is 4.03. The lowest BCUT2D eigenvalue weighted by Crippen LogP contribution is -2.40. The molecule has 0 radical (unpaired) electrons. The summed E-state index contributed by atoms with van der Waals surface area (Å²) in [5.41, 5.74) is 0.995. The molecule has 0 bridgehead atoms. The Morgan fingerprint density at radius 1 is 1.39 bits per heavy atom. The quantitative estimate of drug-likeness (QED) is 0.904. The molecule has 2 fully saturated rings. The summed E-state index contributed by atoms with van der Waals surface area (Å²) in [6.45, 7) is 8.48. The second kappa shape index (κ2) is 7.31. The lowest BCUT2D eigenvalue weighted by molar-refractivity contribution is 0.0314. The summed E-state index contributed by atoms with van der Waals surface area (Å²) in [5, 5.41) is 7.35. The van der Waals surface area contributed by atoms with Crippen LogP contribution in [0.3, 0.4) is 0 Å². The average Bonchev–Trinajstić information content (AvgIpc) is 3.15. The topological polar surface area (TPSA) is 62.6 Å². The summed E-state index contributed by atoms with van der Waals surface area (Å²) in [5.74, 6) is 1.33. The molecule has 2 aliphatic heterocycles. The number of nitrogens with zero attached hydrogens (tertiary/aromatic N) is 4. The van der Waals surface area contributed by atoms with Gasteiger partial charge in [0.15, 0.2) is 0 Å². The fraction of sp³-hybridized carbons (Fsp3) is 0.750. The van der Waals surface area contributed by atoms with E-state index >= 15 is 0 Å². The molecule has 1 aromatic heterocycles. The summed E-state index contributed by atoms with van der Waals surface area (Å²) in [6.07, 6.45) is 1.95. The van der Waals surface area contributed by atoms with Crippen molar-refractivity contribution in [2.24, 2.45) is 13.0 Å². The van der Waals surface area contributed by atoms with Gasteiger partial charge in [-0.25, -0.2) is 4.79 Å². The first kappa shape index (κ1) is 16.3. The fourth-order valence-electron chi connectivity index (χ4n) is 3.32. The number of urea groups is 1. The van der Waals surface area contributed by atoms with Crippen LogP contribution in [-0.2, 0) is 18.2 Å². The lowest BCUT2D eigenvalue weighted by atomic mass is 10.1. The summed E-state index contributed by atoms with van der Waals surface area (Å²) in [4.78, 5) is 16.8. The highest BCUT2D eigenvalue weighted by molar-refractivity contribution is 5.88. The van der Waals surface area contributed by atoms with Gasteiger partial charge in [-0.15, -0.1) is 0 Å². The van der Waals surface area contributed by atoms with E-state index in [1.807, 2.05) is 18.0 Å². The minimum atomic E-state index is -0.0138. The first-order chi connectivity index (χ1) is 11.2. The van der Waals surface area contributed by atoms with Gasteiger partial charge >= 0.3 is 6.03 Å². The number of aromatic nitrogens is 2. The smallest absolute Gasteiger partial charge is 0.323 e. The maximum absolute atomic E-state index is 12.4. The Morgan fingerprint density at radius 3 is 2.87 bits per heavy atom. The lowest BCUT2D eigenvalue weighted by Gasteiger charge is -2.29. The molecular formula is C16H27N5O2. The van der Waals surface area contributed by atoms with Crippen molar-refractivity contribution in [3.63, 3.8) is 0 Å². The van der Waals surface area contributed by atoms with Gasteiger partial charge in [-0.2, -0.15) is 5.10 Å². The third-order valence-electron chi connectivity index (χ3n) is 4.72. The van der Waals surface area contributed by atoms with Crippen LogP contribution in [0.5, 0.6) is 0 Å². The molecule has 3 rings (SSSR count). The van der Waals surface area contributed by atoms with E-state index in [2.05, 4.69) is 22.2 Å². The van der Waals surface area contributed by atoms with E-state index < -0.39 is 0 Å². The predicted octanol–water partition coefficient (Wildman–Crippen LogP) is 1.17. The van der Waals surface area contributed by atoms with Crippen molar-refractivity contribution in [3.05, 3.63) is 11.8 Å². The molecule has 0 unspecified atom stereocenters. The van der Waals surface area contributed by atoms with Crippen LogP contribution in [0.15, 0.2) is 6.07 Å². The maximum Gasteiger partial charge on any atom is 0.323 e. The van der Waals surface area contributed by atoms with Crippen LogP contribution in [0.2, 0.25) is 0 Å². The van der Waals surface area contributed by atoms with E-state index in [-0.39, 0.29) is 6.03 Å². The molecule has 2 aliphatic rings. The van der Waals surface area contributed by atoms with E-state index in [1.54, 1.807) is 4.68 Å². The summed E-state index contributed by atoms with van der Waals surface area (Å²) >= 11 is 0. The van der Waals surface area contributed by atoms with Crippen LogP contribution in [-0.4, -0.2) is 71.5 Å². The van der Waals surface area contributed by atoms with Gasteiger partial charge in [0.25, 0.3) is 0 Å². The predicted molar refractivity (Wildman–Crippen MR) is 88.5 cm³/mol. The van der Waals surface area contributed by atoms with Crippen LogP contribution in [0.25, 0.3) is 0 Å². The Hall–Kier alpha value is -1.60. The van der Waals surface area contributed by atoms with Crippen molar-refractivity contribution in [1.82, 2.24) is 19.6 Å². The Labute approximate surface area is 137 Å². The molecule has 0 saturated carbocycles. The molecule has 1 aromatic rings. The SMILES string of the molecule is CCc1cc(NC(=O)N2CC[C@@H](CN3CCOCC3)C2)n(C)n1. The fourth-order valence-corrected chi connectivity index (χ4v) is 3.32. The van der Waals surface area contributed by atoms with Crippen LogP contribution in [0.4, 0.5) is 10.6 Å². The number of likely N-dealkylation sites (tertiary alicyclic amines) is 1. The monoisotopic (exact) mass is 321 g/mol. The number of carbonyl (C=O) groups excluding carboxylic acids is 1. The first-order valence-corrected chi connectivity index (χ1v) is 8.54. The number of hydrogen-bond acceptors (Lipinski definition) is 4. The second-order valence-corrected chi connectivity index (χ2v) is 6.44. The van der Waals surface area contributed by atoms with E-state index in [1.165, 1.54) is 0 Å². The number of aryl methyl sites for hydroxylation is 2. The van der Waals surface area contributed by atoms with Gasteiger partial charge in [-0.3, -0.25) is 14.9 Å². The standard InChI is InChI=1S/C16H27N5O2/c1-3-14-10-15(19(2)18-14)17-16(22)21-5-4-13(12-21)11-20-6-8-23-9-7-20/h10,13H,3-9,11-12H2,1-2H3,(H,17,22)/t13-/m0/s1. The second-order valence-electron chi connectivity index (χ2n) is 6.44. The van der Waals surface area contributed by atoms with Crippen LogP contribution >= 0.6 is 0 Å². The van der Waals surface area contributed by atoms with Crippen LogP contribution in [0, 0.1) is 5.92 Å². The molecule has 1 atom stereocenters. The molecule has 7 nitrogen and oxygen atoms in total. The molecule has 2 saturated heterocycles. The maximum atomic E-state index is 12.4. The zero-order valence-electron chi connectivity index (χ0n) is 14.1. The minimum absolute atomic E-state index is 0.0138. The van der Waals surface area contributed by atoms with Gasteiger partial charge < -0.3 is 9.64 Å². The van der Waals surface area contributed by atoms with Gasteiger partial charge in [-0.05, 0) is 18.8 Å². The Balaban J connectivity index is 1.49. The summed E-state index contributed by atoms with van der Waals surface area (Å²) < 4.78 is 7.12. The van der Waals surface area contributed by atoms with Crippen molar-refractivity contribution in [2.75, 3.05) is 51.3 Å². The van der Waals surface area contributed by atoms with E-state index in [0.29, 0.717) is 5.92 Å². The van der Waals surface area contributed by atoms with Gasteiger partial charge in [0.1, 0.15) is 5.82 Å². The van der Waals surface area contributed by atoms with E-state index in [9.17, 15) is 4.79 Å². The van der Waals surface area contributed by atoms with Crippen molar-refractivity contribution < 1.29 is 9.53 Å². The number of hydrogen-bond donors (Lipinski definition) is 1. The molecule has 0 aromatic carbocycles. The van der Waals surface area contributed by atoms with Crippen molar-refractivity contribution in [3.8, 4) is 0 Å². The Kier molecular flexibility index (Phi) is 5.17. The molecule has 0 aliphatic carbocycles. The minimum Gasteiger partial charge on any atom is -0.379 e. The molecule has 0 spiro atoms. The van der Waals surface area contributed by atoms with Gasteiger partial charge in [0.05, 0.1) is 18.9 Å². The van der Waals surface area contributed by atoms with Gasteiger partial charge in [-0.1, -0.05) is 6.92 Å². The number of nitrogens with one attached hydrogen (secondary N) is 1. The normalized spacial score (nSPS) is 22.5. The zero-order valence-corrected chi connectivity index (χ0v) is 14.1. The number of anilines is 1. The van der Waals surface area contributed by atoms with Gasteiger partial charge in [0, 0.05) is 45.8 Å². The molecule has 7 heteroatoms. The zero-order chi connectivity index (χ0) is 16.2. The average molecular weight is 321 g/mol. The Bertz CT molecular complexity index is 539. The molecule has 3 heterocycles. The van der Waals surface area contributed by atoms with Crippen molar-refractivity contribution in [1.29, 1.82) is 0 Å². The van der Waals surface area contributed by atoms with Crippen LogP contribution in [0.1, 0.15) is 19.0 Å². The summed E-state index contributed by atoms with van der Waals surface area (Å²) in [6, 6.07) is 1.93. The van der Waals surface area contributed by atoms with Crippen molar-refractivity contribution in [2.45, 2.75) is 19.8 Å². The number of ether oxygens (including phenoxy) is 1. The van der Waals surface area contributed by atoms with Crippen LogP contribution < -0.4 is 5.32 Å². The van der Waals surface area contributed by atoms with Crippen molar-refractivity contribution >= 4 is 11.8 Å². The highest BCUT2D eigenvalue weighted by Crippen LogP contribution is 2.19. The molecule has 128 valence electrons. The number of carbonyl (C=O) groups is 1. The Morgan fingerprint density at radius 2 is 2.17 bits per heavy atom. The first-order valence-electron chi connectivity index (χ1n) is 8.54. The molecular weight excluding hydrogens is 294 g/mol. The largest absolute Gasteiger partial charge is 0.379 e. The number of morpholine rings is 1. The van der Waals surface area contributed by atoms with Gasteiger partial charge in [0.2, 0.25) is 0 Å². The molecule has 1 N–H and O–H groups in total. The summed E-state index contributed by atoms with van der Waals surface area (Å²) in [7, 11) is 1.86. The van der Waals surface area contributed by atoms with E-state index in [0.717, 1.165) is 70.3 Å². The third-order valence-corrected chi connectivity index (χ3v) is 4.72. The molecule has 23 heavy (non-hydrogen) atoms. The number of amides is 2. The highest BCUT2D eigenvalue weighted by atomic mass is 16.5. The highest BCUT2D eigenvalue weighted by Gasteiger charge is 2.28. The molecule has 2 amide bonds. The number of rotatable bonds is 4. The van der Waals surface area contributed by atoms with E-state index in [4.69, 9.17) is 4.74 Å².